The molecule has 27 heavy (non-hydrogen) atoms. The van der Waals surface area contributed by atoms with Crippen LogP contribution >= 0.6 is 0 Å². The van der Waals surface area contributed by atoms with Gasteiger partial charge in [-0.1, -0.05) is 12.8 Å². The van der Waals surface area contributed by atoms with Gasteiger partial charge in [-0.05, 0) is 56.0 Å². The number of nitrogens with one attached hydrogen (secondary N) is 1. The fourth-order valence-electron chi connectivity index (χ4n) is 3.36. The number of phenols is 1. The van der Waals surface area contributed by atoms with Crippen molar-refractivity contribution in [3.05, 3.63) is 34.9 Å². The minimum atomic E-state index is -4.53. The molecular weight excluding hydrogens is 359 g/mol. The molecule has 1 saturated carbocycles. The fourth-order valence-corrected chi connectivity index (χ4v) is 3.36. The van der Waals surface area contributed by atoms with Gasteiger partial charge in [-0.3, -0.25) is 0 Å². The van der Waals surface area contributed by atoms with E-state index in [0.717, 1.165) is 37.3 Å². The molecule has 0 bridgehead atoms. The first-order valence-corrected chi connectivity index (χ1v) is 8.87. The first-order chi connectivity index (χ1) is 12.7. The number of alkyl halides is 3. The molecule has 146 valence electrons. The molecule has 0 amide bonds. The number of aromatic nitrogens is 2. The predicted molar refractivity (Wildman–Crippen MR) is 95.5 cm³/mol. The summed E-state index contributed by atoms with van der Waals surface area (Å²) in [5.41, 5.74) is 1.08. The quantitative estimate of drug-likeness (QED) is 0.743. The maximum Gasteiger partial charge on any atom is 0.416 e. The van der Waals surface area contributed by atoms with Crippen LogP contribution in [-0.2, 0) is 6.18 Å². The normalized spacial score (nSPS) is 20.5. The Kier molecular flexibility index (Phi) is 5.28. The molecule has 1 heterocycles. The van der Waals surface area contributed by atoms with Gasteiger partial charge in [-0.2, -0.15) is 13.2 Å². The Labute approximate surface area is 155 Å². The van der Waals surface area contributed by atoms with Crippen LogP contribution < -0.4 is 5.32 Å². The topological polar surface area (TPSA) is 78.3 Å². The van der Waals surface area contributed by atoms with Gasteiger partial charge in [0, 0.05) is 5.56 Å². The second kappa shape index (κ2) is 7.34. The van der Waals surface area contributed by atoms with E-state index in [9.17, 15) is 23.4 Å². The Morgan fingerprint density at radius 1 is 1.07 bits per heavy atom. The van der Waals surface area contributed by atoms with Crippen molar-refractivity contribution in [2.24, 2.45) is 0 Å². The van der Waals surface area contributed by atoms with Gasteiger partial charge in [0.2, 0.25) is 0 Å². The molecule has 2 aromatic rings. The van der Waals surface area contributed by atoms with Crippen LogP contribution in [0.25, 0.3) is 11.3 Å². The van der Waals surface area contributed by atoms with E-state index in [1.807, 2.05) is 6.92 Å². The van der Waals surface area contributed by atoms with Crippen molar-refractivity contribution >= 4 is 5.82 Å². The highest BCUT2D eigenvalue weighted by Gasteiger charge is 2.31. The maximum atomic E-state index is 12.8. The summed E-state index contributed by atoms with van der Waals surface area (Å²) in [5, 5.41) is 31.7. The largest absolute Gasteiger partial charge is 0.507 e. The van der Waals surface area contributed by atoms with Crippen LogP contribution in [-0.4, -0.2) is 32.6 Å². The molecule has 1 aromatic heterocycles. The summed E-state index contributed by atoms with van der Waals surface area (Å²) < 4.78 is 38.4. The summed E-state index contributed by atoms with van der Waals surface area (Å²) in [6.07, 6.45) is -1.38. The van der Waals surface area contributed by atoms with Gasteiger partial charge in [0.1, 0.15) is 5.75 Å². The van der Waals surface area contributed by atoms with Crippen molar-refractivity contribution in [3.63, 3.8) is 0 Å². The summed E-state index contributed by atoms with van der Waals surface area (Å²) in [5.74, 6) is 0.0404. The van der Waals surface area contributed by atoms with Crippen molar-refractivity contribution in [2.75, 3.05) is 5.32 Å². The molecule has 0 aliphatic heterocycles. The highest BCUT2D eigenvalue weighted by molar-refractivity contribution is 5.72. The number of aromatic hydroxyl groups is 1. The van der Waals surface area contributed by atoms with Crippen LogP contribution in [0.15, 0.2) is 18.2 Å². The molecule has 8 heteroatoms. The van der Waals surface area contributed by atoms with Gasteiger partial charge in [0.25, 0.3) is 0 Å². The van der Waals surface area contributed by atoms with Crippen LogP contribution in [0.1, 0.15) is 42.4 Å². The fraction of sp³-hybridized carbons (Fsp3) is 0.474. The van der Waals surface area contributed by atoms with E-state index >= 15 is 0 Å². The molecule has 2 atom stereocenters. The van der Waals surface area contributed by atoms with Crippen molar-refractivity contribution in [3.8, 4) is 17.0 Å². The zero-order valence-electron chi connectivity index (χ0n) is 15.1. The maximum absolute atomic E-state index is 12.8. The first-order valence-electron chi connectivity index (χ1n) is 8.87. The molecular formula is C19H22F3N3O2. The molecule has 5 nitrogen and oxygen atoms in total. The Balaban J connectivity index is 1.91. The SMILES string of the molecule is Cc1c(N[C@H]2CCCC[C@H]2O)nnc(-c2ccc(C(F)(F)F)cc2O)c1C. The lowest BCUT2D eigenvalue weighted by Crippen LogP contribution is -2.36. The van der Waals surface area contributed by atoms with E-state index < -0.39 is 23.6 Å². The minimum Gasteiger partial charge on any atom is -0.507 e. The zero-order valence-corrected chi connectivity index (χ0v) is 15.1. The van der Waals surface area contributed by atoms with Crippen LogP contribution in [0.2, 0.25) is 0 Å². The number of hydrogen-bond donors (Lipinski definition) is 3. The molecule has 1 fully saturated rings. The third-order valence-corrected chi connectivity index (χ3v) is 5.15. The molecule has 1 aliphatic rings. The van der Waals surface area contributed by atoms with Gasteiger partial charge >= 0.3 is 6.18 Å². The van der Waals surface area contributed by atoms with E-state index in [1.54, 1.807) is 6.92 Å². The lowest BCUT2D eigenvalue weighted by Gasteiger charge is -2.29. The minimum absolute atomic E-state index is 0.100. The van der Waals surface area contributed by atoms with Gasteiger partial charge in [0.05, 0.1) is 23.4 Å². The third-order valence-electron chi connectivity index (χ3n) is 5.15. The van der Waals surface area contributed by atoms with Crippen LogP contribution in [0.5, 0.6) is 5.75 Å². The van der Waals surface area contributed by atoms with E-state index in [4.69, 9.17) is 0 Å². The number of aliphatic hydroxyl groups is 1. The van der Waals surface area contributed by atoms with Crippen LogP contribution in [0.4, 0.5) is 19.0 Å². The first kappa shape index (κ1) is 19.4. The highest BCUT2D eigenvalue weighted by atomic mass is 19.4. The Morgan fingerprint density at radius 2 is 1.78 bits per heavy atom. The second-order valence-electron chi connectivity index (χ2n) is 6.98. The van der Waals surface area contributed by atoms with Gasteiger partial charge in [0.15, 0.2) is 5.82 Å². The van der Waals surface area contributed by atoms with Gasteiger partial charge in [-0.15, -0.1) is 10.2 Å². The lowest BCUT2D eigenvalue weighted by atomic mass is 9.92. The summed E-state index contributed by atoms with van der Waals surface area (Å²) in [6, 6.07) is 2.70. The van der Waals surface area contributed by atoms with Crippen molar-refractivity contribution < 1.29 is 23.4 Å². The number of aliphatic hydroxyl groups excluding tert-OH is 1. The Morgan fingerprint density at radius 3 is 2.41 bits per heavy atom. The number of hydrogen-bond acceptors (Lipinski definition) is 5. The summed E-state index contributed by atoms with van der Waals surface area (Å²) in [4.78, 5) is 0. The molecule has 0 radical (unpaired) electrons. The van der Waals surface area contributed by atoms with E-state index in [0.29, 0.717) is 23.1 Å². The number of rotatable bonds is 3. The summed E-state index contributed by atoms with van der Waals surface area (Å²) >= 11 is 0. The van der Waals surface area contributed by atoms with E-state index in [2.05, 4.69) is 15.5 Å². The molecule has 3 rings (SSSR count). The molecule has 0 saturated heterocycles. The number of phenolic OH excluding ortho intramolecular Hbond substituents is 1. The molecule has 0 unspecified atom stereocenters. The number of benzene rings is 1. The van der Waals surface area contributed by atoms with Gasteiger partial charge in [-0.25, -0.2) is 0 Å². The second-order valence-corrected chi connectivity index (χ2v) is 6.98. The molecule has 0 spiro atoms. The van der Waals surface area contributed by atoms with Crippen molar-refractivity contribution in [2.45, 2.75) is 57.9 Å². The molecule has 3 N–H and O–H groups in total. The lowest BCUT2D eigenvalue weighted by molar-refractivity contribution is -0.137. The standard InChI is InChI=1S/C19H22F3N3O2/c1-10-11(2)18(23-14-5-3-4-6-15(14)26)25-24-17(10)13-8-7-12(9-16(13)27)19(20,21)22/h7-9,14-15,26-27H,3-6H2,1-2H3,(H,23,25)/t14-,15+/m0/s1. The Hall–Kier alpha value is -2.35. The smallest absolute Gasteiger partial charge is 0.416 e. The van der Waals surface area contributed by atoms with Gasteiger partial charge < -0.3 is 15.5 Å². The summed E-state index contributed by atoms with van der Waals surface area (Å²) in [7, 11) is 0. The number of halogens is 3. The van der Waals surface area contributed by atoms with Crippen molar-refractivity contribution in [1.29, 1.82) is 0 Å². The number of anilines is 1. The average Bonchev–Trinajstić information content (AvgIpc) is 2.60. The average molecular weight is 381 g/mol. The van der Waals surface area contributed by atoms with Crippen molar-refractivity contribution in [1.82, 2.24) is 10.2 Å². The predicted octanol–water partition coefficient (Wildman–Crippen LogP) is 4.20. The van der Waals surface area contributed by atoms with E-state index in [-0.39, 0.29) is 11.6 Å². The Bertz CT molecular complexity index is 840. The highest BCUT2D eigenvalue weighted by Crippen LogP contribution is 2.37. The number of nitrogens with zero attached hydrogens (tertiary/aromatic N) is 2. The molecule has 1 aromatic carbocycles. The third kappa shape index (κ3) is 4.00. The monoisotopic (exact) mass is 381 g/mol. The van der Waals surface area contributed by atoms with Crippen LogP contribution in [0, 0.1) is 13.8 Å². The zero-order chi connectivity index (χ0) is 19.8. The van der Waals surface area contributed by atoms with Crippen LogP contribution in [0.3, 0.4) is 0 Å². The van der Waals surface area contributed by atoms with E-state index in [1.165, 1.54) is 6.07 Å². The summed E-state index contributed by atoms with van der Waals surface area (Å²) in [6.45, 7) is 3.60. The molecule has 1 aliphatic carbocycles.